The van der Waals surface area contributed by atoms with Crippen molar-refractivity contribution in [1.29, 1.82) is 0 Å². The Hall–Kier alpha value is -0.670. The van der Waals surface area contributed by atoms with E-state index in [2.05, 4.69) is 27.3 Å². The van der Waals surface area contributed by atoms with Gasteiger partial charge in [0.1, 0.15) is 6.04 Å². The summed E-state index contributed by atoms with van der Waals surface area (Å²) in [6, 6.07) is 5.17. The molecule has 1 atom stereocenters. The zero-order valence-corrected chi connectivity index (χ0v) is 13.4. The number of aliphatic carboxylic acids is 1. The van der Waals surface area contributed by atoms with Crippen LogP contribution in [0.4, 0.5) is 0 Å². The highest BCUT2D eigenvalue weighted by atomic mass is 127. The van der Waals surface area contributed by atoms with Crippen LogP contribution in [0.15, 0.2) is 29.2 Å². The lowest BCUT2D eigenvalue weighted by Gasteiger charge is -2.14. The summed E-state index contributed by atoms with van der Waals surface area (Å²) in [6.07, 6.45) is 1.76. The van der Waals surface area contributed by atoms with Gasteiger partial charge in [-0.05, 0) is 53.3 Å². The molecule has 1 aromatic rings. The summed E-state index contributed by atoms with van der Waals surface area (Å²) >= 11 is 2.07. The molecule has 0 heterocycles. The quantitative estimate of drug-likeness (QED) is 0.692. The van der Waals surface area contributed by atoms with Crippen molar-refractivity contribution < 1.29 is 18.3 Å². The largest absolute Gasteiger partial charge is 0.480 e. The lowest BCUT2D eigenvalue weighted by molar-refractivity contribution is -0.139. The van der Waals surface area contributed by atoms with Crippen molar-refractivity contribution >= 4 is 38.6 Å². The average Bonchev–Trinajstić information content (AvgIpc) is 2.34. The van der Waals surface area contributed by atoms with Gasteiger partial charge in [-0.25, -0.2) is 8.42 Å². The first kappa shape index (κ1) is 16.4. The Morgan fingerprint density at radius 1 is 1.37 bits per heavy atom. The monoisotopic (exact) mass is 397 g/mol. The first-order chi connectivity index (χ1) is 8.86. The maximum Gasteiger partial charge on any atom is 0.321 e. The van der Waals surface area contributed by atoms with E-state index in [1.54, 1.807) is 12.1 Å². The summed E-state index contributed by atoms with van der Waals surface area (Å²) in [5, 5.41) is 9.03. The van der Waals surface area contributed by atoms with Crippen LogP contribution < -0.4 is 4.72 Å². The predicted octanol–water partition coefficient (Wildman–Crippen LogP) is 2.21. The molecule has 0 saturated heterocycles. The molecular weight excluding hydrogens is 381 g/mol. The van der Waals surface area contributed by atoms with E-state index in [0.29, 0.717) is 6.42 Å². The highest BCUT2D eigenvalue weighted by molar-refractivity contribution is 14.1. The molecule has 1 rings (SSSR count). The maximum atomic E-state index is 12.0. The number of sulfonamides is 1. The van der Waals surface area contributed by atoms with Crippen molar-refractivity contribution in [3.05, 3.63) is 27.8 Å². The van der Waals surface area contributed by atoms with Crippen molar-refractivity contribution in [2.24, 2.45) is 0 Å². The molecule has 106 valence electrons. The second-order valence-corrected chi connectivity index (χ2v) is 7.07. The molecule has 0 unspecified atom stereocenters. The van der Waals surface area contributed by atoms with E-state index in [1.165, 1.54) is 12.1 Å². The molecule has 0 aromatic heterocycles. The van der Waals surface area contributed by atoms with E-state index >= 15 is 0 Å². The van der Waals surface area contributed by atoms with Crippen LogP contribution in [0.25, 0.3) is 0 Å². The molecule has 0 aliphatic rings. The Morgan fingerprint density at radius 2 is 1.95 bits per heavy atom. The van der Waals surface area contributed by atoms with E-state index in [1.807, 2.05) is 6.92 Å². The molecule has 1 aromatic carbocycles. The first-order valence-electron chi connectivity index (χ1n) is 5.87. The van der Waals surface area contributed by atoms with Crippen LogP contribution in [-0.2, 0) is 14.8 Å². The Kier molecular flexibility index (Phi) is 6.21. The molecule has 0 aliphatic carbocycles. The highest BCUT2D eigenvalue weighted by Crippen LogP contribution is 2.13. The summed E-state index contributed by atoms with van der Waals surface area (Å²) in [5.41, 5.74) is 0. The summed E-state index contributed by atoms with van der Waals surface area (Å²) in [5.74, 6) is -1.15. The summed E-state index contributed by atoms with van der Waals surface area (Å²) in [4.78, 5) is 11.1. The van der Waals surface area contributed by atoms with Gasteiger partial charge in [0.25, 0.3) is 0 Å². The van der Waals surface area contributed by atoms with Crippen LogP contribution in [0.1, 0.15) is 26.2 Å². The average molecular weight is 397 g/mol. The van der Waals surface area contributed by atoms with Crippen molar-refractivity contribution in [3.8, 4) is 0 Å². The lowest BCUT2D eigenvalue weighted by atomic mass is 10.1. The third-order valence-corrected chi connectivity index (χ3v) is 4.77. The summed E-state index contributed by atoms with van der Waals surface area (Å²) < 4.78 is 27.2. The fourth-order valence-electron chi connectivity index (χ4n) is 1.51. The number of benzene rings is 1. The van der Waals surface area contributed by atoms with Gasteiger partial charge in [0, 0.05) is 3.57 Å². The van der Waals surface area contributed by atoms with Crippen LogP contribution in [0.2, 0.25) is 0 Å². The normalized spacial score (nSPS) is 13.2. The number of carboxylic acid groups (broad SMARTS) is 1. The number of nitrogens with one attached hydrogen (secondary N) is 1. The Bertz CT molecular complexity index is 527. The number of rotatable bonds is 7. The minimum absolute atomic E-state index is 0.0793. The Labute approximate surface area is 126 Å². The molecule has 19 heavy (non-hydrogen) atoms. The molecule has 0 saturated carbocycles. The van der Waals surface area contributed by atoms with Gasteiger partial charge in [0.2, 0.25) is 10.0 Å². The number of unbranched alkanes of at least 4 members (excludes halogenated alkanes) is 1. The van der Waals surface area contributed by atoms with Gasteiger partial charge >= 0.3 is 5.97 Å². The fraction of sp³-hybridized carbons (Fsp3) is 0.417. The summed E-state index contributed by atoms with van der Waals surface area (Å²) in [6.45, 7) is 1.92. The second-order valence-electron chi connectivity index (χ2n) is 4.11. The standard InChI is InChI=1S/C12H16INO4S/c1-2-3-4-11(12(15)16)14-19(17,18)10-7-5-9(13)6-8-10/h5-8,11,14H,2-4H2,1H3,(H,15,16)/t11-/m0/s1. The molecular formula is C12H16INO4S. The molecule has 0 fully saturated rings. The van der Waals surface area contributed by atoms with Crippen LogP contribution in [0, 0.1) is 3.57 Å². The summed E-state index contributed by atoms with van der Waals surface area (Å²) in [7, 11) is -3.79. The SMILES string of the molecule is CCCC[C@H](NS(=O)(=O)c1ccc(I)cc1)C(=O)O. The number of hydrogen-bond acceptors (Lipinski definition) is 3. The van der Waals surface area contributed by atoms with E-state index < -0.39 is 22.0 Å². The molecule has 5 nitrogen and oxygen atoms in total. The van der Waals surface area contributed by atoms with E-state index in [4.69, 9.17) is 5.11 Å². The van der Waals surface area contributed by atoms with Crippen molar-refractivity contribution in [2.75, 3.05) is 0 Å². The fourth-order valence-corrected chi connectivity index (χ4v) is 3.09. The van der Waals surface area contributed by atoms with Gasteiger partial charge in [-0.15, -0.1) is 0 Å². The second kappa shape index (κ2) is 7.20. The minimum atomic E-state index is -3.79. The van der Waals surface area contributed by atoms with Crippen LogP contribution >= 0.6 is 22.6 Å². The Balaban J connectivity index is 2.87. The van der Waals surface area contributed by atoms with Crippen molar-refractivity contribution in [3.63, 3.8) is 0 Å². The number of carbonyl (C=O) groups is 1. The molecule has 0 bridgehead atoms. The molecule has 2 N–H and O–H groups in total. The van der Waals surface area contributed by atoms with Gasteiger partial charge in [-0.1, -0.05) is 19.8 Å². The zero-order chi connectivity index (χ0) is 14.5. The van der Waals surface area contributed by atoms with Gasteiger partial charge in [0.05, 0.1) is 4.90 Å². The topological polar surface area (TPSA) is 83.5 Å². The van der Waals surface area contributed by atoms with Crippen molar-refractivity contribution in [2.45, 2.75) is 37.1 Å². The van der Waals surface area contributed by atoms with Crippen LogP contribution in [-0.4, -0.2) is 25.5 Å². The van der Waals surface area contributed by atoms with Gasteiger partial charge < -0.3 is 5.11 Å². The third-order valence-electron chi connectivity index (χ3n) is 2.57. The zero-order valence-electron chi connectivity index (χ0n) is 10.5. The van der Waals surface area contributed by atoms with Gasteiger partial charge in [-0.3, -0.25) is 4.79 Å². The first-order valence-corrected chi connectivity index (χ1v) is 8.43. The van der Waals surface area contributed by atoms with E-state index in [0.717, 1.165) is 9.99 Å². The van der Waals surface area contributed by atoms with E-state index in [-0.39, 0.29) is 11.3 Å². The van der Waals surface area contributed by atoms with Gasteiger partial charge in [-0.2, -0.15) is 4.72 Å². The smallest absolute Gasteiger partial charge is 0.321 e. The van der Waals surface area contributed by atoms with Gasteiger partial charge in [0.15, 0.2) is 0 Å². The Morgan fingerprint density at radius 3 is 2.42 bits per heavy atom. The third kappa shape index (κ3) is 5.07. The molecule has 0 aliphatic heterocycles. The van der Waals surface area contributed by atoms with Crippen molar-refractivity contribution in [1.82, 2.24) is 4.72 Å². The molecule has 0 amide bonds. The maximum absolute atomic E-state index is 12.0. The van der Waals surface area contributed by atoms with E-state index in [9.17, 15) is 13.2 Å². The lowest BCUT2D eigenvalue weighted by Crippen LogP contribution is -2.40. The number of carboxylic acids is 1. The predicted molar refractivity (Wildman–Crippen MR) is 80.4 cm³/mol. The molecule has 0 radical (unpaired) electrons. The minimum Gasteiger partial charge on any atom is -0.480 e. The number of hydrogen-bond donors (Lipinski definition) is 2. The van der Waals surface area contributed by atoms with Crippen LogP contribution in [0.5, 0.6) is 0 Å². The molecule has 7 heteroatoms. The highest BCUT2D eigenvalue weighted by Gasteiger charge is 2.24. The molecule has 0 spiro atoms. The number of halogens is 1. The van der Waals surface area contributed by atoms with Crippen LogP contribution in [0.3, 0.4) is 0 Å².